The average Bonchev–Trinajstić information content (AvgIpc) is 2.38. The molecular weight excluding hydrogens is 226 g/mol. The van der Waals surface area contributed by atoms with Crippen LogP contribution in [0.4, 0.5) is 0 Å². The number of aliphatic hydroxyl groups excluding tert-OH is 1. The second-order valence-corrected chi connectivity index (χ2v) is 5.17. The Morgan fingerprint density at radius 2 is 2.00 bits per heavy atom. The predicted molar refractivity (Wildman–Crippen MR) is 74.7 cm³/mol. The minimum absolute atomic E-state index is 0.0764. The summed E-state index contributed by atoms with van der Waals surface area (Å²) in [5.41, 5.74) is 1.13. The van der Waals surface area contributed by atoms with Gasteiger partial charge in [-0.05, 0) is 17.7 Å². The zero-order valence-electron chi connectivity index (χ0n) is 11.3. The maximum Gasteiger partial charge on any atom is 0.119 e. The van der Waals surface area contributed by atoms with Gasteiger partial charge in [-0.1, -0.05) is 38.6 Å². The quantitative estimate of drug-likeness (QED) is 0.695. The molecule has 0 amide bonds. The van der Waals surface area contributed by atoms with Gasteiger partial charge in [-0.3, -0.25) is 0 Å². The third-order valence-electron chi connectivity index (χ3n) is 2.65. The van der Waals surface area contributed by atoms with Crippen molar-refractivity contribution in [1.29, 1.82) is 0 Å². The van der Waals surface area contributed by atoms with Crippen molar-refractivity contribution in [3.05, 3.63) is 42.5 Å². The zero-order chi connectivity index (χ0) is 13.4. The summed E-state index contributed by atoms with van der Waals surface area (Å²) >= 11 is 0. The van der Waals surface area contributed by atoms with Gasteiger partial charge in [0.05, 0.1) is 0 Å². The molecule has 0 bridgehead atoms. The van der Waals surface area contributed by atoms with Crippen molar-refractivity contribution in [3.63, 3.8) is 0 Å². The number of rotatable bonds is 8. The van der Waals surface area contributed by atoms with Crippen molar-refractivity contribution in [2.24, 2.45) is 5.41 Å². The van der Waals surface area contributed by atoms with E-state index in [-0.39, 0.29) is 12.0 Å². The van der Waals surface area contributed by atoms with Crippen LogP contribution in [-0.2, 0) is 6.54 Å². The van der Waals surface area contributed by atoms with Crippen LogP contribution in [0, 0.1) is 5.41 Å². The molecule has 0 saturated carbocycles. The van der Waals surface area contributed by atoms with Gasteiger partial charge in [-0.15, -0.1) is 0 Å². The summed E-state index contributed by atoms with van der Waals surface area (Å²) in [6, 6.07) is 7.99. The Morgan fingerprint density at radius 3 is 2.56 bits per heavy atom. The number of hydrogen-bond donors (Lipinski definition) is 2. The van der Waals surface area contributed by atoms with Gasteiger partial charge in [0.2, 0.25) is 0 Å². The molecule has 1 aromatic rings. The Labute approximate surface area is 109 Å². The van der Waals surface area contributed by atoms with E-state index >= 15 is 0 Å². The molecule has 0 saturated heterocycles. The van der Waals surface area contributed by atoms with Gasteiger partial charge in [-0.2, -0.15) is 0 Å². The van der Waals surface area contributed by atoms with Crippen molar-refractivity contribution in [2.75, 3.05) is 19.8 Å². The number of nitrogens with one attached hydrogen (secondary N) is 1. The van der Waals surface area contributed by atoms with Gasteiger partial charge in [0.1, 0.15) is 12.4 Å². The first-order valence-corrected chi connectivity index (χ1v) is 6.21. The molecule has 100 valence electrons. The highest BCUT2D eigenvalue weighted by Crippen LogP contribution is 2.14. The lowest BCUT2D eigenvalue weighted by Gasteiger charge is -2.21. The first-order valence-electron chi connectivity index (χ1n) is 6.21. The summed E-state index contributed by atoms with van der Waals surface area (Å²) in [6.07, 6.45) is 1.73. The first-order chi connectivity index (χ1) is 8.57. The largest absolute Gasteiger partial charge is 0.490 e. The Hall–Kier alpha value is -1.32. The topological polar surface area (TPSA) is 41.5 Å². The molecule has 0 atom stereocenters. The van der Waals surface area contributed by atoms with Crippen LogP contribution in [0.3, 0.4) is 0 Å². The highest BCUT2D eigenvalue weighted by atomic mass is 16.5. The van der Waals surface area contributed by atoms with Crippen molar-refractivity contribution >= 4 is 0 Å². The third-order valence-corrected chi connectivity index (χ3v) is 2.65. The molecule has 3 nitrogen and oxygen atoms in total. The van der Waals surface area contributed by atoms with E-state index in [1.165, 1.54) is 5.56 Å². The van der Waals surface area contributed by atoms with E-state index in [0.717, 1.165) is 18.8 Å². The van der Waals surface area contributed by atoms with E-state index in [1.54, 1.807) is 6.08 Å². The van der Waals surface area contributed by atoms with Crippen molar-refractivity contribution in [3.8, 4) is 5.75 Å². The van der Waals surface area contributed by atoms with Crippen LogP contribution in [0.15, 0.2) is 36.9 Å². The van der Waals surface area contributed by atoms with Gasteiger partial charge in [-0.25, -0.2) is 0 Å². The molecule has 0 fully saturated rings. The van der Waals surface area contributed by atoms with E-state index in [4.69, 9.17) is 9.84 Å². The fourth-order valence-corrected chi connectivity index (χ4v) is 1.46. The Kier molecular flexibility index (Phi) is 5.89. The molecule has 0 aliphatic carbocycles. The van der Waals surface area contributed by atoms with Crippen molar-refractivity contribution in [1.82, 2.24) is 5.32 Å². The van der Waals surface area contributed by atoms with Crippen molar-refractivity contribution < 1.29 is 9.84 Å². The van der Waals surface area contributed by atoms with Gasteiger partial charge < -0.3 is 15.2 Å². The fourth-order valence-electron chi connectivity index (χ4n) is 1.46. The van der Waals surface area contributed by atoms with E-state index in [0.29, 0.717) is 6.61 Å². The minimum Gasteiger partial charge on any atom is -0.490 e. The summed E-state index contributed by atoms with van der Waals surface area (Å²) in [7, 11) is 0. The molecule has 1 rings (SSSR count). The lowest BCUT2D eigenvalue weighted by Crippen LogP contribution is -2.31. The molecule has 0 aliphatic rings. The van der Waals surface area contributed by atoms with E-state index in [2.05, 4.69) is 11.9 Å². The summed E-state index contributed by atoms with van der Waals surface area (Å²) in [4.78, 5) is 0. The number of hydrogen-bond acceptors (Lipinski definition) is 3. The smallest absolute Gasteiger partial charge is 0.119 e. The third kappa shape index (κ3) is 5.34. The number of aliphatic hydroxyl groups is 1. The molecule has 0 unspecified atom stereocenters. The molecule has 2 N–H and O–H groups in total. The Balaban J connectivity index is 2.37. The summed E-state index contributed by atoms with van der Waals surface area (Å²) in [5.74, 6) is 0.856. The van der Waals surface area contributed by atoms with E-state index in [9.17, 15) is 0 Å². The molecule has 0 heterocycles. The molecule has 3 heteroatoms. The first kappa shape index (κ1) is 14.7. The summed E-state index contributed by atoms with van der Waals surface area (Å²) in [5, 5.41) is 12.5. The Morgan fingerprint density at radius 1 is 1.33 bits per heavy atom. The van der Waals surface area contributed by atoms with Crippen LogP contribution < -0.4 is 10.1 Å². The van der Waals surface area contributed by atoms with Crippen LogP contribution >= 0.6 is 0 Å². The lowest BCUT2D eigenvalue weighted by atomic mass is 9.95. The van der Waals surface area contributed by atoms with Gasteiger partial charge in [0.25, 0.3) is 0 Å². The molecule has 0 radical (unpaired) electrons. The normalized spacial score (nSPS) is 11.3. The standard InChI is InChI=1S/C15H23NO2/c1-4-9-18-14-7-5-13(6-8-14)10-16-11-15(2,3)12-17/h4-8,16-17H,1,9-12H2,2-3H3. The zero-order valence-corrected chi connectivity index (χ0v) is 11.3. The number of ether oxygens (including phenoxy) is 1. The van der Waals surface area contributed by atoms with Crippen LogP contribution in [0.1, 0.15) is 19.4 Å². The van der Waals surface area contributed by atoms with Gasteiger partial charge >= 0.3 is 0 Å². The Bertz CT molecular complexity index is 357. The fraction of sp³-hybridized carbons (Fsp3) is 0.467. The van der Waals surface area contributed by atoms with Gasteiger partial charge in [0, 0.05) is 25.1 Å². The molecule has 0 aromatic heterocycles. The summed E-state index contributed by atoms with van der Waals surface area (Å²) in [6.45, 7) is 9.98. The monoisotopic (exact) mass is 249 g/mol. The lowest BCUT2D eigenvalue weighted by molar-refractivity contribution is 0.156. The maximum atomic E-state index is 9.15. The second kappa shape index (κ2) is 7.19. The second-order valence-electron chi connectivity index (χ2n) is 5.17. The van der Waals surface area contributed by atoms with Crippen LogP contribution in [0.2, 0.25) is 0 Å². The molecule has 0 aliphatic heterocycles. The minimum atomic E-state index is -0.0764. The van der Waals surface area contributed by atoms with Crippen molar-refractivity contribution in [2.45, 2.75) is 20.4 Å². The van der Waals surface area contributed by atoms with E-state index < -0.39 is 0 Å². The average molecular weight is 249 g/mol. The highest BCUT2D eigenvalue weighted by Gasteiger charge is 2.15. The number of benzene rings is 1. The van der Waals surface area contributed by atoms with Crippen LogP contribution in [0.5, 0.6) is 5.75 Å². The molecule has 18 heavy (non-hydrogen) atoms. The highest BCUT2D eigenvalue weighted by molar-refractivity contribution is 5.27. The maximum absolute atomic E-state index is 9.15. The molecular formula is C15H23NO2. The van der Waals surface area contributed by atoms with Crippen LogP contribution in [0.25, 0.3) is 0 Å². The SMILES string of the molecule is C=CCOc1ccc(CNCC(C)(C)CO)cc1. The predicted octanol–water partition coefficient (Wildman–Crippen LogP) is 2.36. The molecule has 0 spiro atoms. The van der Waals surface area contributed by atoms with Gasteiger partial charge in [0.15, 0.2) is 0 Å². The summed E-state index contributed by atoms with van der Waals surface area (Å²) < 4.78 is 5.41. The van der Waals surface area contributed by atoms with E-state index in [1.807, 2.05) is 38.1 Å². The van der Waals surface area contributed by atoms with Crippen LogP contribution in [-0.4, -0.2) is 24.9 Å². The molecule has 1 aromatic carbocycles.